The van der Waals surface area contributed by atoms with Crippen LogP contribution in [0.15, 0.2) is 12.1 Å². The van der Waals surface area contributed by atoms with Gasteiger partial charge in [0.15, 0.2) is 0 Å². The van der Waals surface area contributed by atoms with E-state index in [-0.39, 0.29) is 5.78 Å². The Bertz CT molecular complexity index is 581. The Labute approximate surface area is 115 Å². The summed E-state index contributed by atoms with van der Waals surface area (Å²) in [5.41, 5.74) is 2.32. The molecule has 0 saturated heterocycles. The minimum absolute atomic E-state index is 0.219. The fraction of sp³-hybridized carbons (Fsp3) is 0.400. The first-order chi connectivity index (χ1) is 8.65. The van der Waals surface area contributed by atoms with Crippen molar-refractivity contribution in [3.05, 3.63) is 42.8 Å². The fourth-order valence-corrected chi connectivity index (χ4v) is 4.72. The van der Waals surface area contributed by atoms with Crippen molar-refractivity contribution in [1.82, 2.24) is 0 Å². The first-order valence-corrected chi connectivity index (χ1v) is 8.02. The molecular formula is C15H16OS2. The number of carbonyl (C=O) groups excluding carboxylic acids is 1. The summed E-state index contributed by atoms with van der Waals surface area (Å²) in [6, 6.07) is 4.16. The van der Waals surface area contributed by atoms with Crippen LogP contribution < -0.4 is 0 Å². The van der Waals surface area contributed by atoms with Crippen LogP contribution in [0.25, 0.3) is 0 Å². The van der Waals surface area contributed by atoms with Crippen LogP contribution in [0, 0.1) is 13.8 Å². The second-order valence-electron chi connectivity index (χ2n) is 4.92. The van der Waals surface area contributed by atoms with Gasteiger partial charge in [-0.05, 0) is 57.2 Å². The molecule has 2 heterocycles. The highest BCUT2D eigenvalue weighted by Crippen LogP contribution is 2.32. The van der Waals surface area contributed by atoms with Crippen molar-refractivity contribution in [2.24, 2.45) is 0 Å². The standard InChI is InChI=1S/C15H16OS2/c1-9-7-12(10(2)17-9)15(16)14-8-11-5-3-4-6-13(11)18-14/h7-8H,3-6H2,1-2H3. The average Bonchev–Trinajstić information content (AvgIpc) is 2.91. The summed E-state index contributed by atoms with van der Waals surface area (Å²) < 4.78 is 0. The maximum atomic E-state index is 12.5. The van der Waals surface area contributed by atoms with Crippen LogP contribution in [-0.4, -0.2) is 5.78 Å². The lowest BCUT2D eigenvalue weighted by Crippen LogP contribution is -1.98. The van der Waals surface area contributed by atoms with Crippen LogP contribution in [0.1, 0.15) is 48.3 Å². The van der Waals surface area contributed by atoms with Gasteiger partial charge in [-0.25, -0.2) is 0 Å². The highest BCUT2D eigenvalue weighted by molar-refractivity contribution is 7.15. The number of ketones is 1. The van der Waals surface area contributed by atoms with Gasteiger partial charge >= 0.3 is 0 Å². The number of hydrogen-bond acceptors (Lipinski definition) is 3. The van der Waals surface area contributed by atoms with Crippen molar-refractivity contribution in [2.45, 2.75) is 39.5 Å². The highest BCUT2D eigenvalue weighted by atomic mass is 32.1. The summed E-state index contributed by atoms with van der Waals surface area (Å²) in [6.07, 6.45) is 4.86. The summed E-state index contributed by atoms with van der Waals surface area (Å²) in [5.74, 6) is 0.219. The minimum Gasteiger partial charge on any atom is -0.288 e. The molecule has 1 aliphatic rings. The molecule has 0 unspecified atom stereocenters. The van der Waals surface area contributed by atoms with E-state index in [1.165, 1.54) is 28.2 Å². The van der Waals surface area contributed by atoms with Crippen LogP contribution in [0.3, 0.4) is 0 Å². The second-order valence-corrected chi connectivity index (χ2v) is 7.52. The lowest BCUT2D eigenvalue weighted by Gasteiger charge is -2.08. The Morgan fingerprint density at radius 1 is 1.11 bits per heavy atom. The minimum atomic E-state index is 0.219. The molecule has 1 nitrogen and oxygen atoms in total. The second kappa shape index (κ2) is 4.63. The summed E-state index contributed by atoms with van der Waals surface area (Å²) in [4.78, 5) is 17.2. The van der Waals surface area contributed by atoms with E-state index in [4.69, 9.17) is 0 Å². The Morgan fingerprint density at radius 3 is 2.56 bits per heavy atom. The molecule has 0 amide bonds. The Morgan fingerprint density at radius 2 is 1.89 bits per heavy atom. The quantitative estimate of drug-likeness (QED) is 0.736. The van der Waals surface area contributed by atoms with E-state index in [0.717, 1.165) is 28.2 Å². The van der Waals surface area contributed by atoms with Crippen molar-refractivity contribution in [2.75, 3.05) is 0 Å². The normalized spacial score (nSPS) is 14.6. The van der Waals surface area contributed by atoms with Crippen molar-refractivity contribution in [1.29, 1.82) is 0 Å². The van der Waals surface area contributed by atoms with Crippen molar-refractivity contribution < 1.29 is 4.79 Å². The molecule has 0 atom stereocenters. The fourth-order valence-electron chi connectivity index (χ4n) is 2.59. The summed E-state index contributed by atoms with van der Waals surface area (Å²) >= 11 is 3.42. The maximum Gasteiger partial charge on any atom is 0.204 e. The van der Waals surface area contributed by atoms with Crippen LogP contribution in [0.2, 0.25) is 0 Å². The molecule has 0 radical (unpaired) electrons. The molecule has 0 N–H and O–H groups in total. The molecule has 0 bridgehead atoms. The topological polar surface area (TPSA) is 17.1 Å². The molecule has 0 saturated carbocycles. The van der Waals surface area contributed by atoms with Crippen molar-refractivity contribution >= 4 is 28.5 Å². The predicted molar refractivity (Wildman–Crippen MR) is 78.2 cm³/mol. The lowest BCUT2D eigenvalue weighted by atomic mass is 9.98. The first kappa shape index (κ1) is 12.1. The number of thiophene rings is 2. The molecule has 3 rings (SSSR count). The van der Waals surface area contributed by atoms with Crippen LogP contribution in [0.5, 0.6) is 0 Å². The average molecular weight is 276 g/mol. The molecule has 2 aromatic rings. The Hall–Kier alpha value is -0.930. The molecule has 0 aromatic carbocycles. The largest absolute Gasteiger partial charge is 0.288 e. The third-order valence-electron chi connectivity index (χ3n) is 3.51. The molecule has 3 heteroatoms. The third kappa shape index (κ3) is 2.06. The van der Waals surface area contributed by atoms with Gasteiger partial charge < -0.3 is 0 Å². The van der Waals surface area contributed by atoms with E-state index >= 15 is 0 Å². The molecule has 94 valence electrons. The van der Waals surface area contributed by atoms with E-state index in [0.29, 0.717) is 0 Å². The lowest BCUT2D eigenvalue weighted by molar-refractivity contribution is 0.104. The molecule has 1 aliphatic carbocycles. The molecule has 0 fully saturated rings. The number of carbonyl (C=O) groups is 1. The van der Waals surface area contributed by atoms with Gasteiger partial charge in [-0.15, -0.1) is 22.7 Å². The van der Waals surface area contributed by atoms with Crippen LogP contribution in [-0.2, 0) is 12.8 Å². The molecule has 0 spiro atoms. The van der Waals surface area contributed by atoms with Gasteiger partial charge in [0.05, 0.1) is 4.88 Å². The summed E-state index contributed by atoms with van der Waals surface area (Å²) in [7, 11) is 0. The van der Waals surface area contributed by atoms with Gasteiger partial charge in [-0.2, -0.15) is 0 Å². The Balaban J connectivity index is 1.97. The first-order valence-electron chi connectivity index (χ1n) is 6.38. The third-order valence-corrected chi connectivity index (χ3v) is 5.71. The van der Waals surface area contributed by atoms with Gasteiger partial charge in [-0.3, -0.25) is 4.79 Å². The van der Waals surface area contributed by atoms with Crippen molar-refractivity contribution in [3.63, 3.8) is 0 Å². The van der Waals surface area contributed by atoms with Gasteiger partial charge in [-0.1, -0.05) is 0 Å². The smallest absolute Gasteiger partial charge is 0.204 e. The van der Waals surface area contributed by atoms with Crippen molar-refractivity contribution in [3.8, 4) is 0 Å². The van der Waals surface area contributed by atoms with Gasteiger partial charge in [0.2, 0.25) is 5.78 Å². The predicted octanol–water partition coefficient (Wildman–Crippen LogP) is 4.54. The van der Waals surface area contributed by atoms with E-state index in [1.54, 1.807) is 22.7 Å². The number of hydrogen-bond donors (Lipinski definition) is 0. The van der Waals surface area contributed by atoms with E-state index in [1.807, 2.05) is 13.0 Å². The van der Waals surface area contributed by atoms with Gasteiger partial charge in [0.1, 0.15) is 0 Å². The molecular weight excluding hydrogens is 260 g/mol. The molecule has 2 aromatic heterocycles. The summed E-state index contributed by atoms with van der Waals surface area (Å²) in [6.45, 7) is 4.10. The van der Waals surface area contributed by atoms with Gasteiger partial charge in [0, 0.05) is 20.2 Å². The van der Waals surface area contributed by atoms with E-state index < -0.39 is 0 Å². The van der Waals surface area contributed by atoms with Crippen LogP contribution >= 0.6 is 22.7 Å². The Kier molecular flexibility index (Phi) is 3.12. The number of rotatable bonds is 2. The highest BCUT2D eigenvalue weighted by Gasteiger charge is 2.20. The zero-order chi connectivity index (χ0) is 12.7. The van der Waals surface area contributed by atoms with Crippen LogP contribution in [0.4, 0.5) is 0 Å². The zero-order valence-electron chi connectivity index (χ0n) is 10.7. The number of aryl methyl sites for hydroxylation is 4. The maximum absolute atomic E-state index is 12.5. The van der Waals surface area contributed by atoms with Gasteiger partial charge in [0.25, 0.3) is 0 Å². The monoisotopic (exact) mass is 276 g/mol. The summed E-state index contributed by atoms with van der Waals surface area (Å²) in [5, 5.41) is 0. The van der Waals surface area contributed by atoms with E-state index in [2.05, 4.69) is 13.0 Å². The number of fused-ring (bicyclic) bond motifs is 1. The van der Waals surface area contributed by atoms with E-state index in [9.17, 15) is 4.79 Å². The molecule has 18 heavy (non-hydrogen) atoms. The zero-order valence-corrected chi connectivity index (χ0v) is 12.3. The molecule has 0 aliphatic heterocycles. The SMILES string of the molecule is Cc1cc(C(=O)c2cc3c(s2)CCCC3)c(C)s1.